The van der Waals surface area contributed by atoms with Crippen molar-refractivity contribution in [3.8, 4) is 0 Å². The molecule has 2 fully saturated rings. The van der Waals surface area contributed by atoms with Gasteiger partial charge < -0.3 is 5.32 Å². The van der Waals surface area contributed by atoms with Gasteiger partial charge in [-0.2, -0.15) is 0 Å². The minimum atomic E-state index is -3.95. The molecule has 0 spiro atoms. The Kier molecular flexibility index (Phi) is 5.90. The first-order chi connectivity index (χ1) is 12.7. The Hall–Kier alpha value is -1.48. The largest absolute Gasteiger partial charge is 0.349 e. The minimum absolute atomic E-state index is 0.0195. The molecule has 6 nitrogen and oxygen atoms in total. The SMILES string of the molecule is O=C(NC1CCCCCC1)c1cc(S(=O)(=O)[C@H]2CCS(=O)(=O)C2)ccc1F. The molecule has 1 saturated carbocycles. The summed E-state index contributed by atoms with van der Waals surface area (Å²) in [5.41, 5.74) is -0.318. The standard InChI is InChI=1S/C18H24FNO5S2/c19-17-8-7-14(27(24,25)15-9-10-26(22,23)12-15)11-16(17)18(21)20-13-5-3-1-2-4-6-13/h7-8,11,13,15H,1-6,9-10,12H2,(H,20,21)/t15-/m0/s1. The Morgan fingerprint density at radius 1 is 1.07 bits per heavy atom. The summed E-state index contributed by atoms with van der Waals surface area (Å²) in [5.74, 6) is -2.03. The topological polar surface area (TPSA) is 97.4 Å². The maximum absolute atomic E-state index is 14.2. The fraction of sp³-hybridized carbons (Fsp3) is 0.611. The number of nitrogens with one attached hydrogen (secondary N) is 1. The van der Waals surface area contributed by atoms with Crippen molar-refractivity contribution in [2.45, 2.75) is 61.1 Å². The summed E-state index contributed by atoms with van der Waals surface area (Å²) in [6.45, 7) is 0. The van der Waals surface area contributed by atoms with Gasteiger partial charge in [0, 0.05) is 6.04 Å². The molecule has 1 atom stereocenters. The summed E-state index contributed by atoms with van der Waals surface area (Å²) in [5, 5.41) is 1.76. The fourth-order valence-corrected chi connectivity index (χ4v) is 8.12. The molecule has 1 heterocycles. The first-order valence-corrected chi connectivity index (χ1v) is 12.6. The zero-order valence-electron chi connectivity index (χ0n) is 15.0. The van der Waals surface area contributed by atoms with Crippen LogP contribution in [0.2, 0.25) is 0 Å². The second-order valence-corrected chi connectivity index (χ2v) is 11.8. The molecule has 0 unspecified atom stereocenters. The predicted molar refractivity (Wildman–Crippen MR) is 99.6 cm³/mol. The molecule has 9 heteroatoms. The monoisotopic (exact) mass is 417 g/mol. The van der Waals surface area contributed by atoms with Crippen LogP contribution in [0.3, 0.4) is 0 Å². The van der Waals surface area contributed by atoms with E-state index in [1.54, 1.807) is 0 Å². The van der Waals surface area contributed by atoms with Crippen LogP contribution in [0.1, 0.15) is 55.3 Å². The van der Waals surface area contributed by atoms with Crippen LogP contribution < -0.4 is 5.32 Å². The van der Waals surface area contributed by atoms with Crippen molar-refractivity contribution in [3.63, 3.8) is 0 Å². The summed E-state index contributed by atoms with van der Waals surface area (Å²) in [7, 11) is -7.32. The van der Waals surface area contributed by atoms with E-state index < -0.39 is 42.4 Å². The third-order valence-corrected chi connectivity index (χ3v) is 9.50. The van der Waals surface area contributed by atoms with E-state index in [9.17, 15) is 26.0 Å². The maximum Gasteiger partial charge on any atom is 0.254 e. The maximum atomic E-state index is 14.2. The number of carbonyl (C=O) groups is 1. The van der Waals surface area contributed by atoms with E-state index in [-0.39, 0.29) is 28.7 Å². The molecular formula is C18H24FNO5S2. The number of sulfone groups is 2. The second kappa shape index (κ2) is 7.87. The van der Waals surface area contributed by atoms with Crippen molar-refractivity contribution >= 4 is 25.6 Å². The number of carbonyl (C=O) groups excluding carboxylic acids is 1. The van der Waals surface area contributed by atoms with Crippen molar-refractivity contribution in [2.24, 2.45) is 0 Å². The number of benzene rings is 1. The fourth-order valence-electron chi connectivity index (χ4n) is 3.74. The second-order valence-electron chi connectivity index (χ2n) is 7.37. The molecule has 27 heavy (non-hydrogen) atoms. The van der Waals surface area contributed by atoms with Crippen molar-refractivity contribution in [1.29, 1.82) is 0 Å². The molecular weight excluding hydrogens is 393 g/mol. The number of rotatable bonds is 4. The molecule has 0 aromatic heterocycles. The Balaban J connectivity index is 1.82. The molecule has 1 saturated heterocycles. The van der Waals surface area contributed by atoms with E-state index in [2.05, 4.69) is 5.32 Å². The van der Waals surface area contributed by atoms with Crippen LogP contribution in [0.5, 0.6) is 0 Å². The number of amides is 1. The lowest BCUT2D eigenvalue weighted by atomic mass is 10.1. The number of halogens is 1. The van der Waals surface area contributed by atoms with Gasteiger partial charge in [-0.05, 0) is 37.5 Å². The highest BCUT2D eigenvalue weighted by Crippen LogP contribution is 2.27. The molecule has 3 rings (SSSR count). The van der Waals surface area contributed by atoms with Crippen LogP contribution in [0.25, 0.3) is 0 Å². The van der Waals surface area contributed by atoms with Crippen molar-refractivity contribution < 1.29 is 26.0 Å². The molecule has 1 amide bonds. The first-order valence-electron chi connectivity index (χ1n) is 9.24. The summed E-state index contributed by atoms with van der Waals surface area (Å²) >= 11 is 0. The van der Waals surface area contributed by atoms with Crippen LogP contribution in [0.4, 0.5) is 4.39 Å². The quantitative estimate of drug-likeness (QED) is 0.599. The third-order valence-electron chi connectivity index (χ3n) is 5.33. The van der Waals surface area contributed by atoms with E-state index in [1.165, 1.54) is 0 Å². The van der Waals surface area contributed by atoms with Crippen LogP contribution >= 0.6 is 0 Å². The Bertz CT molecular complexity index is 919. The van der Waals surface area contributed by atoms with Gasteiger partial charge in [-0.1, -0.05) is 25.7 Å². The zero-order chi connectivity index (χ0) is 19.7. The van der Waals surface area contributed by atoms with Gasteiger partial charge in [-0.25, -0.2) is 21.2 Å². The van der Waals surface area contributed by atoms with Crippen LogP contribution in [-0.4, -0.2) is 45.5 Å². The normalized spacial score (nSPS) is 23.7. The van der Waals surface area contributed by atoms with Crippen LogP contribution in [0, 0.1) is 5.82 Å². The van der Waals surface area contributed by atoms with Gasteiger partial charge in [-0.3, -0.25) is 4.79 Å². The van der Waals surface area contributed by atoms with Gasteiger partial charge in [0.1, 0.15) is 5.82 Å². The average molecular weight is 418 g/mol. The molecule has 0 radical (unpaired) electrons. The highest BCUT2D eigenvalue weighted by molar-refractivity contribution is 7.96. The predicted octanol–water partition coefficient (Wildman–Crippen LogP) is 2.24. The Morgan fingerprint density at radius 2 is 1.74 bits per heavy atom. The van der Waals surface area contributed by atoms with E-state index in [0.29, 0.717) is 0 Å². The summed E-state index contributed by atoms with van der Waals surface area (Å²) < 4.78 is 62.9. The smallest absolute Gasteiger partial charge is 0.254 e. The van der Waals surface area contributed by atoms with Gasteiger partial charge in [0.15, 0.2) is 19.7 Å². The van der Waals surface area contributed by atoms with Crippen molar-refractivity contribution in [3.05, 3.63) is 29.6 Å². The summed E-state index contributed by atoms with van der Waals surface area (Å²) in [6.07, 6.45) is 5.88. The lowest BCUT2D eigenvalue weighted by Crippen LogP contribution is -2.35. The van der Waals surface area contributed by atoms with Crippen molar-refractivity contribution in [1.82, 2.24) is 5.32 Å². The summed E-state index contributed by atoms with van der Waals surface area (Å²) in [6, 6.07) is 3.04. The van der Waals surface area contributed by atoms with E-state index in [1.807, 2.05) is 0 Å². The molecule has 1 aliphatic carbocycles. The van der Waals surface area contributed by atoms with Crippen molar-refractivity contribution in [2.75, 3.05) is 11.5 Å². The molecule has 1 N–H and O–H groups in total. The highest BCUT2D eigenvalue weighted by Gasteiger charge is 2.38. The third kappa shape index (κ3) is 4.68. The van der Waals surface area contributed by atoms with Gasteiger partial charge in [0.25, 0.3) is 5.91 Å². The Morgan fingerprint density at radius 3 is 2.33 bits per heavy atom. The molecule has 2 aliphatic rings. The molecule has 1 aromatic carbocycles. The van der Waals surface area contributed by atoms with Gasteiger partial charge in [-0.15, -0.1) is 0 Å². The molecule has 0 bridgehead atoms. The zero-order valence-corrected chi connectivity index (χ0v) is 16.6. The molecule has 1 aromatic rings. The van der Waals surface area contributed by atoms with E-state index in [4.69, 9.17) is 0 Å². The Labute approximate surface area is 159 Å². The number of hydrogen-bond donors (Lipinski definition) is 1. The van der Waals surface area contributed by atoms with E-state index in [0.717, 1.165) is 56.7 Å². The first kappa shape index (κ1) is 20.3. The van der Waals surface area contributed by atoms with Gasteiger partial charge >= 0.3 is 0 Å². The minimum Gasteiger partial charge on any atom is -0.349 e. The van der Waals surface area contributed by atoms with Gasteiger partial charge in [0.05, 0.1) is 27.2 Å². The lowest BCUT2D eigenvalue weighted by molar-refractivity contribution is 0.0929. The molecule has 150 valence electrons. The number of hydrogen-bond acceptors (Lipinski definition) is 5. The van der Waals surface area contributed by atoms with Crippen LogP contribution in [-0.2, 0) is 19.7 Å². The van der Waals surface area contributed by atoms with Crippen LogP contribution in [0.15, 0.2) is 23.1 Å². The summed E-state index contributed by atoms with van der Waals surface area (Å²) in [4.78, 5) is 12.3. The van der Waals surface area contributed by atoms with E-state index >= 15 is 0 Å². The average Bonchev–Trinajstić information content (AvgIpc) is 2.81. The molecule has 1 aliphatic heterocycles. The lowest BCUT2D eigenvalue weighted by Gasteiger charge is -2.17. The highest BCUT2D eigenvalue weighted by atomic mass is 32.2. The van der Waals surface area contributed by atoms with Gasteiger partial charge in [0.2, 0.25) is 0 Å².